The van der Waals surface area contributed by atoms with Crippen molar-refractivity contribution in [3.8, 4) is 5.75 Å². The molecule has 0 aromatic heterocycles. The summed E-state index contributed by atoms with van der Waals surface area (Å²) in [5, 5.41) is 6.31. The second-order valence-corrected chi connectivity index (χ2v) is 5.53. The Kier molecular flexibility index (Phi) is 7.54. The highest BCUT2D eigenvalue weighted by molar-refractivity contribution is 5.85. The SMILES string of the molecule is Cc1cccc(C)c1OCC(=O)NCC1CCCNC1.Cl. The fraction of sp³-hybridized carbons (Fsp3) is 0.562. The number of benzene rings is 1. The Morgan fingerprint density at radius 2 is 2.10 bits per heavy atom. The van der Waals surface area contributed by atoms with Crippen LogP contribution in [0.4, 0.5) is 0 Å². The van der Waals surface area contributed by atoms with E-state index in [1.807, 2.05) is 32.0 Å². The third-order valence-electron chi connectivity index (χ3n) is 3.74. The number of para-hydroxylation sites is 1. The van der Waals surface area contributed by atoms with E-state index in [1.165, 1.54) is 12.8 Å². The van der Waals surface area contributed by atoms with Crippen molar-refractivity contribution in [2.45, 2.75) is 26.7 Å². The van der Waals surface area contributed by atoms with Crippen LogP contribution in [0.1, 0.15) is 24.0 Å². The average molecular weight is 313 g/mol. The summed E-state index contributed by atoms with van der Waals surface area (Å²) in [4.78, 5) is 11.8. The molecule has 4 nitrogen and oxygen atoms in total. The van der Waals surface area contributed by atoms with Gasteiger partial charge in [-0.1, -0.05) is 18.2 Å². The number of carbonyl (C=O) groups is 1. The second-order valence-electron chi connectivity index (χ2n) is 5.53. The molecule has 0 radical (unpaired) electrons. The lowest BCUT2D eigenvalue weighted by molar-refractivity contribution is -0.123. The zero-order valence-electron chi connectivity index (χ0n) is 12.8. The van der Waals surface area contributed by atoms with Crippen LogP contribution in [0.15, 0.2) is 18.2 Å². The Balaban J connectivity index is 0.00000220. The first-order valence-electron chi connectivity index (χ1n) is 7.33. The van der Waals surface area contributed by atoms with Gasteiger partial charge in [0.25, 0.3) is 5.91 Å². The number of halogens is 1. The van der Waals surface area contributed by atoms with Crippen LogP contribution in [-0.4, -0.2) is 32.1 Å². The van der Waals surface area contributed by atoms with Gasteiger partial charge < -0.3 is 15.4 Å². The highest BCUT2D eigenvalue weighted by Crippen LogP contribution is 2.22. The molecule has 0 aliphatic carbocycles. The molecule has 0 saturated carbocycles. The topological polar surface area (TPSA) is 50.4 Å². The van der Waals surface area contributed by atoms with Crippen molar-refractivity contribution in [1.29, 1.82) is 0 Å². The lowest BCUT2D eigenvalue weighted by Gasteiger charge is -2.22. The number of carbonyl (C=O) groups excluding carboxylic acids is 1. The Hall–Kier alpha value is -1.26. The molecule has 1 unspecified atom stereocenters. The van der Waals surface area contributed by atoms with Crippen molar-refractivity contribution in [3.63, 3.8) is 0 Å². The normalized spacial score (nSPS) is 17.7. The molecular weight excluding hydrogens is 288 g/mol. The van der Waals surface area contributed by atoms with E-state index in [0.29, 0.717) is 5.92 Å². The first-order valence-corrected chi connectivity index (χ1v) is 7.33. The van der Waals surface area contributed by atoms with E-state index in [1.54, 1.807) is 0 Å². The van der Waals surface area contributed by atoms with Gasteiger partial charge in [-0.25, -0.2) is 0 Å². The summed E-state index contributed by atoms with van der Waals surface area (Å²) in [5.74, 6) is 1.33. The van der Waals surface area contributed by atoms with Gasteiger partial charge in [0.2, 0.25) is 0 Å². The van der Waals surface area contributed by atoms with Gasteiger partial charge in [0.05, 0.1) is 0 Å². The molecule has 2 N–H and O–H groups in total. The lowest BCUT2D eigenvalue weighted by atomic mass is 10.00. The minimum absolute atomic E-state index is 0. The summed E-state index contributed by atoms with van der Waals surface area (Å²) in [6.07, 6.45) is 2.38. The minimum atomic E-state index is -0.0433. The van der Waals surface area contributed by atoms with Crippen LogP contribution in [0.5, 0.6) is 5.75 Å². The molecule has 1 aromatic rings. The van der Waals surface area contributed by atoms with Gasteiger partial charge in [-0.2, -0.15) is 0 Å². The number of rotatable bonds is 5. The summed E-state index contributed by atoms with van der Waals surface area (Å²) in [6.45, 7) is 6.91. The van der Waals surface area contributed by atoms with Crippen LogP contribution >= 0.6 is 12.4 Å². The van der Waals surface area contributed by atoms with Gasteiger partial charge in [-0.3, -0.25) is 4.79 Å². The zero-order valence-corrected chi connectivity index (χ0v) is 13.6. The van der Waals surface area contributed by atoms with Crippen LogP contribution in [-0.2, 0) is 4.79 Å². The summed E-state index contributed by atoms with van der Waals surface area (Å²) in [6, 6.07) is 5.98. The van der Waals surface area contributed by atoms with E-state index in [4.69, 9.17) is 4.74 Å². The van der Waals surface area contributed by atoms with E-state index in [2.05, 4.69) is 10.6 Å². The largest absolute Gasteiger partial charge is 0.483 e. The van der Waals surface area contributed by atoms with Crippen LogP contribution in [0.3, 0.4) is 0 Å². The third kappa shape index (κ3) is 5.56. The number of nitrogens with one attached hydrogen (secondary N) is 2. The maximum Gasteiger partial charge on any atom is 0.257 e. The van der Waals surface area contributed by atoms with Crippen LogP contribution in [0, 0.1) is 19.8 Å². The van der Waals surface area contributed by atoms with E-state index in [-0.39, 0.29) is 24.9 Å². The zero-order chi connectivity index (χ0) is 14.4. The number of ether oxygens (including phenoxy) is 1. The maximum absolute atomic E-state index is 11.8. The van der Waals surface area contributed by atoms with Crippen molar-refractivity contribution >= 4 is 18.3 Å². The molecule has 1 aromatic carbocycles. The van der Waals surface area contributed by atoms with E-state index in [0.717, 1.165) is 36.5 Å². The molecule has 1 atom stereocenters. The van der Waals surface area contributed by atoms with Gasteiger partial charge in [-0.15, -0.1) is 12.4 Å². The first-order chi connectivity index (χ1) is 9.66. The molecule has 21 heavy (non-hydrogen) atoms. The number of aryl methyl sites for hydroxylation is 2. The number of hydrogen-bond acceptors (Lipinski definition) is 3. The molecular formula is C16H25ClN2O2. The van der Waals surface area contributed by atoms with Gasteiger partial charge in [-0.05, 0) is 56.8 Å². The Morgan fingerprint density at radius 3 is 2.71 bits per heavy atom. The smallest absolute Gasteiger partial charge is 0.257 e. The van der Waals surface area contributed by atoms with Gasteiger partial charge in [0.1, 0.15) is 5.75 Å². The fourth-order valence-electron chi connectivity index (χ4n) is 2.57. The summed E-state index contributed by atoms with van der Waals surface area (Å²) >= 11 is 0. The Morgan fingerprint density at radius 1 is 1.38 bits per heavy atom. The van der Waals surface area contributed by atoms with Crippen molar-refractivity contribution in [3.05, 3.63) is 29.3 Å². The maximum atomic E-state index is 11.8. The van der Waals surface area contributed by atoms with Crippen molar-refractivity contribution < 1.29 is 9.53 Å². The molecule has 1 saturated heterocycles. The molecule has 1 fully saturated rings. The summed E-state index contributed by atoms with van der Waals surface area (Å²) in [7, 11) is 0. The lowest BCUT2D eigenvalue weighted by Crippen LogP contribution is -2.39. The van der Waals surface area contributed by atoms with Crippen LogP contribution in [0.2, 0.25) is 0 Å². The van der Waals surface area contributed by atoms with Crippen molar-refractivity contribution in [1.82, 2.24) is 10.6 Å². The van der Waals surface area contributed by atoms with Crippen LogP contribution in [0.25, 0.3) is 0 Å². The summed E-state index contributed by atoms with van der Waals surface area (Å²) in [5.41, 5.74) is 2.13. The minimum Gasteiger partial charge on any atom is -0.483 e. The number of piperidine rings is 1. The third-order valence-corrected chi connectivity index (χ3v) is 3.74. The molecule has 0 spiro atoms. The molecule has 5 heteroatoms. The molecule has 1 aliphatic rings. The van der Waals surface area contributed by atoms with Gasteiger partial charge in [0, 0.05) is 6.54 Å². The van der Waals surface area contributed by atoms with E-state index in [9.17, 15) is 4.79 Å². The second kappa shape index (κ2) is 8.90. The Labute approximate surface area is 133 Å². The molecule has 1 aliphatic heterocycles. The molecule has 1 amide bonds. The molecule has 118 valence electrons. The summed E-state index contributed by atoms with van der Waals surface area (Å²) < 4.78 is 5.64. The fourth-order valence-corrected chi connectivity index (χ4v) is 2.57. The molecule has 0 bridgehead atoms. The van der Waals surface area contributed by atoms with E-state index >= 15 is 0 Å². The standard InChI is InChI=1S/C16H24N2O2.ClH/c1-12-5-3-6-13(2)16(12)20-11-15(19)18-10-14-7-4-8-17-9-14;/h3,5-6,14,17H,4,7-11H2,1-2H3,(H,18,19);1H. The van der Waals surface area contributed by atoms with Crippen molar-refractivity contribution in [2.75, 3.05) is 26.2 Å². The predicted molar refractivity (Wildman–Crippen MR) is 87.3 cm³/mol. The predicted octanol–water partition coefficient (Wildman–Crippen LogP) is 2.22. The monoisotopic (exact) mass is 312 g/mol. The number of amides is 1. The number of hydrogen-bond donors (Lipinski definition) is 2. The van der Waals surface area contributed by atoms with Gasteiger partial charge >= 0.3 is 0 Å². The highest BCUT2D eigenvalue weighted by atomic mass is 35.5. The Bertz CT molecular complexity index is 439. The first kappa shape index (κ1) is 17.8. The molecule has 1 heterocycles. The quantitative estimate of drug-likeness (QED) is 0.876. The van der Waals surface area contributed by atoms with Crippen molar-refractivity contribution in [2.24, 2.45) is 5.92 Å². The van der Waals surface area contributed by atoms with Gasteiger partial charge in [0.15, 0.2) is 6.61 Å². The van der Waals surface area contributed by atoms with E-state index < -0.39 is 0 Å². The van der Waals surface area contributed by atoms with Crippen LogP contribution < -0.4 is 15.4 Å². The highest BCUT2D eigenvalue weighted by Gasteiger charge is 2.14. The molecule has 2 rings (SSSR count). The average Bonchev–Trinajstić information content (AvgIpc) is 2.46.